The van der Waals surface area contributed by atoms with Gasteiger partial charge in [0.1, 0.15) is 17.0 Å². The summed E-state index contributed by atoms with van der Waals surface area (Å²) >= 11 is -1.45. The number of fused-ring (bicyclic) bond motifs is 2. The van der Waals surface area contributed by atoms with Gasteiger partial charge in [0.2, 0.25) is 0 Å². The molecule has 1 atom stereocenters. The fraction of sp³-hybridized carbons (Fsp3) is 0.206. The number of nitrogens with one attached hydrogen (secondary N) is 1. The molecule has 1 unspecified atom stereocenters. The molecule has 3 aromatic carbocycles. The van der Waals surface area contributed by atoms with Gasteiger partial charge in [0.05, 0.1) is 22.7 Å². The Bertz CT molecular complexity index is 1910. The Hall–Kier alpha value is -4.40. The summed E-state index contributed by atoms with van der Waals surface area (Å²) in [5.41, 5.74) is 6.93. The van der Waals surface area contributed by atoms with Crippen LogP contribution in [-0.2, 0) is 15.3 Å². The Labute approximate surface area is 247 Å². The SMILES string of the molecule is CNc1nccn2c(C3CC(COS(=O)c4ccc(C)cc4)C3)nc(-c3ccc4ccc(-c5ccccc5)nc4c3)c12. The molecule has 7 rings (SSSR count). The van der Waals surface area contributed by atoms with Gasteiger partial charge in [-0.1, -0.05) is 66.2 Å². The van der Waals surface area contributed by atoms with Gasteiger partial charge in [-0.15, -0.1) is 0 Å². The monoisotopic (exact) mass is 573 g/mol. The lowest BCUT2D eigenvalue weighted by atomic mass is 9.75. The first kappa shape index (κ1) is 26.5. The predicted molar refractivity (Wildman–Crippen MR) is 168 cm³/mol. The third kappa shape index (κ3) is 4.97. The normalized spacial score (nSPS) is 17.3. The lowest BCUT2D eigenvalue weighted by Gasteiger charge is -2.33. The molecule has 210 valence electrons. The summed E-state index contributed by atoms with van der Waals surface area (Å²) in [7, 11) is 1.89. The van der Waals surface area contributed by atoms with Crippen LogP contribution in [0.15, 0.2) is 102 Å². The van der Waals surface area contributed by atoms with Crippen LogP contribution >= 0.6 is 0 Å². The molecule has 8 heteroatoms. The summed E-state index contributed by atoms with van der Waals surface area (Å²) in [5.74, 6) is 2.42. The molecule has 0 spiro atoms. The summed E-state index contributed by atoms with van der Waals surface area (Å²) in [6, 6.07) is 28.4. The molecule has 7 nitrogen and oxygen atoms in total. The molecular weight excluding hydrogens is 542 g/mol. The number of hydrogen-bond donors (Lipinski definition) is 1. The minimum absolute atomic E-state index is 0.281. The van der Waals surface area contributed by atoms with Gasteiger partial charge < -0.3 is 5.32 Å². The third-order valence-electron chi connectivity index (χ3n) is 8.08. The quantitative estimate of drug-likeness (QED) is 0.208. The second kappa shape index (κ2) is 11.1. The highest BCUT2D eigenvalue weighted by atomic mass is 32.2. The number of nitrogens with zero attached hydrogens (tertiary/aromatic N) is 4. The minimum Gasteiger partial charge on any atom is -0.371 e. The summed E-state index contributed by atoms with van der Waals surface area (Å²) in [6.07, 6.45) is 5.66. The predicted octanol–water partition coefficient (Wildman–Crippen LogP) is 7.19. The molecular formula is C34H31N5O2S. The van der Waals surface area contributed by atoms with Gasteiger partial charge in [-0.25, -0.2) is 19.2 Å². The van der Waals surface area contributed by atoms with Crippen LogP contribution in [0.3, 0.4) is 0 Å². The lowest BCUT2D eigenvalue weighted by Crippen LogP contribution is -2.27. The van der Waals surface area contributed by atoms with Crippen LogP contribution in [-0.4, -0.2) is 37.2 Å². The van der Waals surface area contributed by atoms with Gasteiger partial charge in [0.15, 0.2) is 16.9 Å². The minimum atomic E-state index is -1.45. The van der Waals surface area contributed by atoms with Crippen molar-refractivity contribution in [3.63, 3.8) is 0 Å². The van der Waals surface area contributed by atoms with Gasteiger partial charge in [0.25, 0.3) is 0 Å². The third-order valence-corrected chi connectivity index (χ3v) is 9.09. The Kier molecular flexibility index (Phi) is 7.01. The van der Waals surface area contributed by atoms with E-state index in [1.165, 1.54) is 0 Å². The molecule has 0 saturated heterocycles. The highest BCUT2D eigenvalue weighted by molar-refractivity contribution is 7.80. The van der Waals surface area contributed by atoms with Crippen LogP contribution in [0.2, 0.25) is 0 Å². The Morgan fingerprint density at radius 1 is 0.952 bits per heavy atom. The number of rotatable bonds is 8. The number of anilines is 1. The molecule has 1 aliphatic carbocycles. The molecule has 3 aromatic heterocycles. The molecule has 0 radical (unpaired) electrons. The van der Waals surface area contributed by atoms with E-state index >= 15 is 0 Å². The number of aryl methyl sites for hydroxylation is 1. The van der Waals surface area contributed by atoms with E-state index in [2.05, 4.69) is 57.2 Å². The Morgan fingerprint density at radius 3 is 2.52 bits per heavy atom. The standard InChI is InChI=1S/C34H31N5O2S/c1-22-8-13-28(14-9-22)42(40)41-21-23-18-27(19-23)34-38-31(32-33(35-2)36-16-17-39(32)34)26-11-10-25-12-15-29(37-30(25)20-26)24-6-4-3-5-7-24/h3-17,20,23,27H,18-19,21H2,1-2H3,(H,35,36). The summed E-state index contributed by atoms with van der Waals surface area (Å²) in [4.78, 5) is 15.5. The van der Waals surface area contributed by atoms with Crippen molar-refractivity contribution in [2.45, 2.75) is 30.6 Å². The summed E-state index contributed by atoms with van der Waals surface area (Å²) in [6.45, 7) is 2.48. The van der Waals surface area contributed by atoms with Gasteiger partial charge in [0, 0.05) is 41.9 Å². The molecule has 42 heavy (non-hydrogen) atoms. The van der Waals surface area contributed by atoms with Crippen LogP contribution in [0.5, 0.6) is 0 Å². The van der Waals surface area contributed by atoms with Crippen molar-refractivity contribution in [3.8, 4) is 22.5 Å². The van der Waals surface area contributed by atoms with E-state index in [0.29, 0.717) is 17.4 Å². The Balaban J connectivity index is 1.16. The first-order chi connectivity index (χ1) is 20.6. The molecule has 0 bridgehead atoms. The van der Waals surface area contributed by atoms with Crippen LogP contribution < -0.4 is 5.32 Å². The van der Waals surface area contributed by atoms with Crippen LogP contribution in [0.25, 0.3) is 38.9 Å². The number of aromatic nitrogens is 4. The second-order valence-corrected chi connectivity index (χ2v) is 12.1. The van der Waals surface area contributed by atoms with Crippen LogP contribution in [0.1, 0.15) is 30.1 Å². The zero-order chi connectivity index (χ0) is 28.6. The van der Waals surface area contributed by atoms with Crippen LogP contribution in [0, 0.1) is 12.8 Å². The van der Waals surface area contributed by atoms with Crippen LogP contribution in [0.4, 0.5) is 5.82 Å². The fourth-order valence-electron chi connectivity index (χ4n) is 5.73. The molecule has 0 aliphatic heterocycles. The van der Waals surface area contributed by atoms with E-state index in [-0.39, 0.29) is 5.92 Å². The number of hydrogen-bond acceptors (Lipinski definition) is 6. The second-order valence-electron chi connectivity index (χ2n) is 10.9. The molecule has 6 aromatic rings. The first-order valence-electron chi connectivity index (χ1n) is 14.2. The molecule has 1 N–H and O–H groups in total. The van der Waals surface area contributed by atoms with E-state index in [9.17, 15) is 4.21 Å². The van der Waals surface area contributed by atoms with E-state index in [1.807, 2.05) is 68.8 Å². The summed E-state index contributed by atoms with van der Waals surface area (Å²) < 4.78 is 20.5. The average Bonchev–Trinajstić information content (AvgIpc) is 3.40. The van der Waals surface area contributed by atoms with Gasteiger partial charge >= 0.3 is 0 Å². The van der Waals surface area contributed by atoms with Gasteiger partial charge in [-0.3, -0.25) is 8.58 Å². The van der Waals surface area contributed by atoms with Crippen molar-refractivity contribution >= 4 is 33.3 Å². The molecule has 1 aliphatic rings. The highest BCUT2D eigenvalue weighted by Crippen LogP contribution is 2.44. The van der Waals surface area contributed by atoms with E-state index in [4.69, 9.17) is 14.2 Å². The maximum atomic E-state index is 12.6. The summed E-state index contributed by atoms with van der Waals surface area (Å²) in [5, 5.41) is 4.34. The zero-order valence-corrected chi connectivity index (χ0v) is 24.3. The molecule has 1 fully saturated rings. The topological polar surface area (TPSA) is 81.4 Å². The zero-order valence-electron chi connectivity index (χ0n) is 23.5. The van der Waals surface area contributed by atoms with Crippen molar-refractivity contribution in [1.29, 1.82) is 0 Å². The van der Waals surface area contributed by atoms with Crippen molar-refractivity contribution < 1.29 is 8.39 Å². The number of benzene rings is 3. The maximum absolute atomic E-state index is 12.6. The van der Waals surface area contributed by atoms with E-state index in [0.717, 1.165) is 69.0 Å². The fourth-order valence-corrected chi connectivity index (χ4v) is 6.54. The van der Waals surface area contributed by atoms with Crippen molar-refractivity contribution in [3.05, 3.63) is 109 Å². The Morgan fingerprint density at radius 2 is 1.74 bits per heavy atom. The number of imidazole rings is 1. The molecule has 1 saturated carbocycles. The maximum Gasteiger partial charge on any atom is 0.189 e. The average molecular weight is 574 g/mol. The lowest BCUT2D eigenvalue weighted by molar-refractivity contribution is 0.165. The number of pyridine rings is 1. The van der Waals surface area contributed by atoms with Crippen molar-refractivity contribution in [2.24, 2.45) is 5.92 Å². The molecule has 3 heterocycles. The van der Waals surface area contributed by atoms with Gasteiger partial charge in [-0.2, -0.15) is 0 Å². The largest absolute Gasteiger partial charge is 0.371 e. The van der Waals surface area contributed by atoms with Crippen molar-refractivity contribution in [1.82, 2.24) is 19.4 Å². The van der Waals surface area contributed by atoms with Crippen molar-refractivity contribution in [2.75, 3.05) is 19.0 Å². The highest BCUT2D eigenvalue weighted by Gasteiger charge is 2.35. The smallest absolute Gasteiger partial charge is 0.189 e. The van der Waals surface area contributed by atoms with E-state index in [1.54, 1.807) is 0 Å². The first-order valence-corrected chi connectivity index (χ1v) is 15.3. The van der Waals surface area contributed by atoms with Gasteiger partial charge in [-0.05, 0) is 49.9 Å². The molecule has 0 amide bonds. The van der Waals surface area contributed by atoms with E-state index < -0.39 is 11.1 Å².